The van der Waals surface area contributed by atoms with Crippen LogP contribution in [-0.4, -0.2) is 51.6 Å². The maximum Gasteiger partial charge on any atom is 0.251 e. The van der Waals surface area contributed by atoms with Crippen molar-refractivity contribution in [3.63, 3.8) is 0 Å². The number of morpholine rings is 1. The summed E-state index contributed by atoms with van der Waals surface area (Å²) >= 11 is 0. The molecule has 3 rings (SSSR count). The first kappa shape index (κ1) is 15.5. The largest absolute Gasteiger partial charge is 0.367 e. The fourth-order valence-electron chi connectivity index (χ4n) is 2.79. The maximum atomic E-state index is 12.4. The van der Waals surface area contributed by atoms with E-state index in [1.807, 2.05) is 28.8 Å². The molecule has 1 aromatic carbocycles. The summed E-state index contributed by atoms with van der Waals surface area (Å²) in [5.74, 6) is -0.561. The summed E-state index contributed by atoms with van der Waals surface area (Å²) in [7, 11) is 0. The van der Waals surface area contributed by atoms with Gasteiger partial charge in [-0.25, -0.2) is 4.98 Å². The third-order valence-electron chi connectivity index (χ3n) is 4.24. The van der Waals surface area contributed by atoms with E-state index in [1.165, 1.54) is 0 Å². The Morgan fingerprint density at radius 2 is 2.17 bits per heavy atom. The van der Waals surface area contributed by atoms with E-state index in [-0.39, 0.29) is 12.5 Å². The van der Waals surface area contributed by atoms with E-state index >= 15 is 0 Å². The number of aromatic nitrogens is 2. The molecule has 0 spiro atoms. The van der Waals surface area contributed by atoms with Crippen molar-refractivity contribution in [1.29, 1.82) is 0 Å². The summed E-state index contributed by atoms with van der Waals surface area (Å²) in [5.41, 5.74) is 6.18. The monoisotopic (exact) mass is 316 g/mol. The van der Waals surface area contributed by atoms with Gasteiger partial charge in [-0.2, -0.15) is 0 Å². The molecule has 0 radical (unpaired) electrons. The molecule has 0 saturated carbocycles. The Morgan fingerprint density at radius 3 is 2.96 bits per heavy atom. The molecular formula is C16H20N4O3. The number of aryl methyl sites for hydroxylation is 1. The van der Waals surface area contributed by atoms with Crippen LogP contribution in [-0.2, 0) is 20.9 Å². The quantitative estimate of drug-likeness (QED) is 0.891. The zero-order chi connectivity index (χ0) is 16.4. The molecule has 0 bridgehead atoms. The highest BCUT2D eigenvalue weighted by atomic mass is 16.5. The lowest BCUT2D eigenvalue weighted by atomic mass is 10.0. The molecule has 0 aliphatic carbocycles. The third-order valence-corrected chi connectivity index (χ3v) is 4.24. The minimum atomic E-state index is -1.10. The average molecular weight is 316 g/mol. The van der Waals surface area contributed by atoms with Gasteiger partial charge in [-0.15, -0.1) is 0 Å². The highest BCUT2D eigenvalue weighted by molar-refractivity contribution is 5.85. The van der Waals surface area contributed by atoms with Crippen LogP contribution >= 0.6 is 0 Å². The molecule has 122 valence electrons. The predicted octanol–water partition coefficient (Wildman–Crippen LogP) is 0.529. The van der Waals surface area contributed by atoms with E-state index in [1.54, 1.807) is 18.2 Å². The van der Waals surface area contributed by atoms with Crippen LogP contribution in [0.25, 0.3) is 11.0 Å². The Kier molecular flexibility index (Phi) is 4.04. The first-order chi connectivity index (χ1) is 11.0. The zero-order valence-corrected chi connectivity index (χ0v) is 13.1. The van der Waals surface area contributed by atoms with Crippen molar-refractivity contribution in [2.24, 2.45) is 5.73 Å². The van der Waals surface area contributed by atoms with Crippen LogP contribution in [0.1, 0.15) is 13.3 Å². The molecular weight excluding hydrogens is 296 g/mol. The molecule has 23 heavy (non-hydrogen) atoms. The fourth-order valence-corrected chi connectivity index (χ4v) is 2.79. The first-order valence-electron chi connectivity index (χ1n) is 7.61. The van der Waals surface area contributed by atoms with E-state index in [9.17, 15) is 9.59 Å². The summed E-state index contributed by atoms with van der Waals surface area (Å²) in [5, 5.41) is 0. The number of amides is 2. The Bertz CT molecular complexity index is 742. The average Bonchev–Trinajstić information content (AvgIpc) is 2.96. The minimum absolute atomic E-state index is 0.0152. The molecule has 2 heterocycles. The zero-order valence-electron chi connectivity index (χ0n) is 13.1. The SMILES string of the molecule is C[C@]1(C(N)=O)CN(C(=O)CCn2cnc3ccccc32)CCO1. The number of ether oxygens (including phenoxy) is 1. The predicted molar refractivity (Wildman–Crippen MR) is 84.5 cm³/mol. The van der Waals surface area contributed by atoms with Crippen molar-refractivity contribution in [1.82, 2.24) is 14.5 Å². The molecule has 0 unspecified atom stereocenters. The number of benzene rings is 1. The molecule has 2 amide bonds. The van der Waals surface area contributed by atoms with Crippen LogP contribution in [0.4, 0.5) is 0 Å². The van der Waals surface area contributed by atoms with Crippen LogP contribution in [0.3, 0.4) is 0 Å². The number of primary amides is 1. The minimum Gasteiger partial charge on any atom is -0.367 e. The lowest BCUT2D eigenvalue weighted by Gasteiger charge is -2.38. The summed E-state index contributed by atoms with van der Waals surface area (Å²) in [6.45, 7) is 3.17. The van der Waals surface area contributed by atoms with Crippen LogP contribution in [0.15, 0.2) is 30.6 Å². The lowest BCUT2D eigenvalue weighted by molar-refractivity contribution is -0.160. The van der Waals surface area contributed by atoms with E-state index in [4.69, 9.17) is 10.5 Å². The van der Waals surface area contributed by atoms with Crippen molar-refractivity contribution in [2.75, 3.05) is 19.7 Å². The highest BCUT2D eigenvalue weighted by Crippen LogP contribution is 2.18. The van der Waals surface area contributed by atoms with Crippen molar-refractivity contribution >= 4 is 22.8 Å². The van der Waals surface area contributed by atoms with E-state index in [0.29, 0.717) is 26.1 Å². The van der Waals surface area contributed by atoms with Gasteiger partial charge in [-0.3, -0.25) is 9.59 Å². The number of nitrogens with two attached hydrogens (primary N) is 1. The molecule has 2 N–H and O–H groups in total. The number of hydrogen-bond acceptors (Lipinski definition) is 4. The van der Waals surface area contributed by atoms with Gasteiger partial charge in [0.1, 0.15) is 0 Å². The van der Waals surface area contributed by atoms with Crippen molar-refractivity contribution < 1.29 is 14.3 Å². The second-order valence-electron chi connectivity index (χ2n) is 5.94. The van der Waals surface area contributed by atoms with Gasteiger partial charge in [-0.05, 0) is 19.1 Å². The van der Waals surface area contributed by atoms with Crippen LogP contribution < -0.4 is 5.73 Å². The number of para-hydroxylation sites is 2. The second-order valence-corrected chi connectivity index (χ2v) is 5.94. The van der Waals surface area contributed by atoms with E-state index in [2.05, 4.69) is 4.98 Å². The van der Waals surface area contributed by atoms with Crippen molar-refractivity contribution in [2.45, 2.75) is 25.5 Å². The van der Waals surface area contributed by atoms with Gasteiger partial charge in [0.25, 0.3) is 5.91 Å². The summed E-state index contributed by atoms with van der Waals surface area (Å²) in [6, 6.07) is 7.80. The van der Waals surface area contributed by atoms with Crippen molar-refractivity contribution in [3.8, 4) is 0 Å². The van der Waals surface area contributed by atoms with Crippen LogP contribution in [0, 0.1) is 0 Å². The number of carbonyl (C=O) groups excluding carboxylic acids is 2. The smallest absolute Gasteiger partial charge is 0.251 e. The second kappa shape index (κ2) is 6.00. The number of rotatable bonds is 4. The Hall–Kier alpha value is -2.41. The number of fused-ring (bicyclic) bond motifs is 1. The third kappa shape index (κ3) is 3.05. The summed E-state index contributed by atoms with van der Waals surface area (Å²) in [4.78, 5) is 29.9. The number of carbonyl (C=O) groups is 2. The number of imidazole rings is 1. The normalized spacial score (nSPS) is 21.5. The van der Waals surface area contributed by atoms with Crippen LogP contribution in [0.5, 0.6) is 0 Å². The van der Waals surface area contributed by atoms with Gasteiger partial charge in [-0.1, -0.05) is 12.1 Å². The molecule has 1 atom stereocenters. The Morgan fingerprint density at radius 1 is 1.39 bits per heavy atom. The molecule has 7 nitrogen and oxygen atoms in total. The van der Waals surface area contributed by atoms with Gasteiger partial charge in [0.15, 0.2) is 5.60 Å². The summed E-state index contributed by atoms with van der Waals surface area (Å²) < 4.78 is 7.39. The Labute approximate surface area is 134 Å². The van der Waals surface area contributed by atoms with E-state index < -0.39 is 11.5 Å². The van der Waals surface area contributed by atoms with E-state index in [0.717, 1.165) is 11.0 Å². The number of hydrogen-bond donors (Lipinski definition) is 1. The maximum absolute atomic E-state index is 12.4. The molecule has 1 saturated heterocycles. The van der Waals surface area contributed by atoms with Gasteiger partial charge in [0.2, 0.25) is 5.91 Å². The standard InChI is InChI=1S/C16H20N4O3/c1-16(15(17)22)10-19(8-9-23-16)14(21)6-7-20-11-18-12-4-2-3-5-13(12)20/h2-5,11H,6-10H2,1H3,(H2,17,22)/t16-/m1/s1. The molecule has 2 aromatic rings. The van der Waals surface area contributed by atoms with Crippen LogP contribution in [0.2, 0.25) is 0 Å². The molecule has 1 aromatic heterocycles. The highest BCUT2D eigenvalue weighted by Gasteiger charge is 2.38. The van der Waals surface area contributed by atoms with Gasteiger partial charge < -0.3 is 19.9 Å². The first-order valence-corrected chi connectivity index (χ1v) is 7.61. The molecule has 1 fully saturated rings. The molecule has 1 aliphatic rings. The summed E-state index contributed by atoms with van der Waals surface area (Å²) in [6.07, 6.45) is 2.08. The molecule has 7 heteroatoms. The van der Waals surface area contributed by atoms with Crippen molar-refractivity contribution in [3.05, 3.63) is 30.6 Å². The van der Waals surface area contributed by atoms with Gasteiger partial charge >= 0.3 is 0 Å². The Balaban J connectivity index is 1.64. The number of nitrogens with zero attached hydrogens (tertiary/aromatic N) is 3. The lowest BCUT2D eigenvalue weighted by Crippen LogP contribution is -2.58. The van der Waals surface area contributed by atoms with Gasteiger partial charge in [0.05, 0.1) is 30.5 Å². The fraction of sp³-hybridized carbons (Fsp3) is 0.438. The topological polar surface area (TPSA) is 90.5 Å². The van der Waals surface area contributed by atoms with Gasteiger partial charge in [0, 0.05) is 19.5 Å². The molecule has 1 aliphatic heterocycles.